The van der Waals surface area contributed by atoms with E-state index in [0.717, 1.165) is 23.7 Å². The molecular formula is C17H20ClN3O. The van der Waals surface area contributed by atoms with Gasteiger partial charge in [0.05, 0.1) is 11.8 Å². The highest BCUT2D eigenvalue weighted by molar-refractivity contribution is 6.31. The molecule has 0 aliphatic carbocycles. The number of rotatable bonds is 2. The zero-order valence-electron chi connectivity index (χ0n) is 12.7. The van der Waals surface area contributed by atoms with Crippen LogP contribution in [0.1, 0.15) is 37.8 Å². The Hall–Kier alpha value is -1.39. The number of carbonyl (C=O) groups is 1. The minimum Gasteiger partial charge on any atom is -0.293 e. The van der Waals surface area contributed by atoms with Crippen LogP contribution >= 0.6 is 11.6 Å². The summed E-state index contributed by atoms with van der Waals surface area (Å²) in [6, 6.07) is 8.00. The van der Waals surface area contributed by atoms with Crippen LogP contribution in [0, 0.1) is 5.92 Å². The van der Waals surface area contributed by atoms with Crippen LogP contribution in [0.15, 0.2) is 29.4 Å². The molecule has 0 spiro atoms. The molecule has 5 rings (SSSR count). The summed E-state index contributed by atoms with van der Waals surface area (Å²) >= 11 is 6.44. The predicted molar refractivity (Wildman–Crippen MR) is 86.9 cm³/mol. The average molecular weight is 318 g/mol. The molecule has 4 aliphatic heterocycles. The van der Waals surface area contributed by atoms with E-state index in [9.17, 15) is 4.79 Å². The number of carbonyl (C=O) groups excluding carboxylic acids is 1. The van der Waals surface area contributed by atoms with Gasteiger partial charge in [0.2, 0.25) is 5.91 Å². The fraction of sp³-hybridized carbons (Fsp3) is 0.529. The maximum absolute atomic E-state index is 12.4. The van der Waals surface area contributed by atoms with E-state index >= 15 is 0 Å². The Kier molecular flexibility index (Phi) is 3.46. The van der Waals surface area contributed by atoms with Crippen LogP contribution in [0.25, 0.3) is 0 Å². The molecule has 1 aromatic rings. The topological polar surface area (TPSA) is 35.9 Å². The Bertz CT molecular complexity index is 637. The highest BCUT2D eigenvalue weighted by Gasteiger charge is 2.51. The lowest BCUT2D eigenvalue weighted by atomic mass is 9.78. The van der Waals surface area contributed by atoms with Gasteiger partial charge in [0.1, 0.15) is 6.04 Å². The molecule has 3 saturated heterocycles. The molecule has 0 unspecified atom stereocenters. The van der Waals surface area contributed by atoms with E-state index in [1.807, 2.05) is 31.2 Å². The summed E-state index contributed by atoms with van der Waals surface area (Å²) in [7, 11) is 0. The lowest BCUT2D eigenvalue weighted by molar-refractivity contribution is -0.133. The van der Waals surface area contributed by atoms with Crippen molar-refractivity contribution >= 4 is 23.2 Å². The van der Waals surface area contributed by atoms with Crippen molar-refractivity contribution in [2.75, 3.05) is 13.1 Å². The highest BCUT2D eigenvalue weighted by Crippen LogP contribution is 2.44. The summed E-state index contributed by atoms with van der Waals surface area (Å²) in [4.78, 5) is 14.9. The second kappa shape index (κ2) is 5.36. The molecule has 0 N–H and O–H groups in total. The molecule has 5 heteroatoms. The number of fused-ring (bicyclic) bond motifs is 2. The first-order chi connectivity index (χ1) is 10.7. The maximum atomic E-state index is 12.4. The number of benzene rings is 1. The number of nitrogens with zero attached hydrogens (tertiary/aromatic N) is 3. The minimum atomic E-state index is -0.0701. The van der Waals surface area contributed by atoms with Gasteiger partial charge in [-0.15, -0.1) is 0 Å². The molecule has 22 heavy (non-hydrogen) atoms. The molecule has 0 radical (unpaired) electrons. The Morgan fingerprint density at radius 1 is 1.27 bits per heavy atom. The second-order valence-electron chi connectivity index (χ2n) is 6.34. The lowest BCUT2D eigenvalue weighted by Crippen LogP contribution is -2.56. The molecule has 3 fully saturated rings. The molecule has 2 atom stereocenters. The van der Waals surface area contributed by atoms with Crippen LogP contribution < -0.4 is 0 Å². The van der Waals surface area contributed by atoms with E-state index in [1.54, 1.807) is 5.01 Å². The van der Waals surface area contributed by atoms with Crippen molar-refractivity contribution in [1.29, 1.82) is 0 Å². The van der Waals surface area contributed by atoms with Crippen molar-refractivity contribution in [3.63, 3.8) is 0 Å². The molecule has 0 saturated carbocycles. The van der Waals surface area contributed by atoms with Crippen molar-refractivity contribution in [1.82, 2.24) is 9.91 Å². The van der Waals surface area contributed by atoms with Gasteiger partial charge in [-0.25, -0.2) is 5.01 Å². The highest BCUT2D eigenvalue weighted by atomic mass is 35.5. The van der Waals surface area contributed by atoms with Gasteiger partial charge < -0.3 is 0 Å². The third kappa shape index (κ3) is 2.01. The van der Waals surface area contributed by atoms with Gasteiger partial charge in [0, 0.05) is 17.4 Å². The van der Waals surface area contributed by atoms with Crippen LogP contribution in [-0.4, -0.2) is 40.7 Å². The van der Waals surface area contributed by atoms with Crippen LogP contribution in [0.2, 0.25) is 5.02 Å². The molecule has 1 amide bonds. The largest absolute Gasteiger partial charge is 0.293 e. The van der Waals surface area contributed by atoms with Gasteiger partial charge in [-0.1, -0.05) is 36.7 Å². The number of halogens is 1. The molecular weight excluding hydrogens is 298 g/mol. The standard InChI is InChI=1S/C17H20ClN3O/c1-2-14(22)21-16(12-5-3-4-6-13(12)18)17-15(19-21)11-7-9-20(17)10-8-11/h3-6,11,16-17H,2,7-10H2,1H3/t16-,17-/m0/s1. The normalized spacial score (nSPS) is 32.8. The van der Waals surface area contributed by atoms with Crippen molar-refractivity contribution in [2.24, 2.45) is 11.0 Å². The quantitative estimate of drug-likeness (QED) is 0.840. The summed E-state index contributed by atoms with van der Waals surface area (Å²) < 4.78 is 0. The number of amides is 1. The Morgan fingerprint density at radius 3 is 2.68 bits per heavy atom. The van der Waals surface area contributed by atoms with Gasteiger partial charge in [0.15, 0.2) is 0 Å². The van der Waals surface area contributed by atoms with Crippen LogP contribution in [0.4, 0.5) is 0 Å². The zero-order chi connectivity index (χ0) is 15.3. The summed E-state index contributed by atoms with van der Waals surface area (Å²) in [5, 5.41) is 7.19. The van der Waals surface area contributed by atoms with E-state index in [0.29, 0.717) is 12.3 Å². The second-order valence-corrected chi connectivity index (χ2v) is 6.75. The van der Waals surface area contributed by atoms with Crippen molar-refractivity contribution in [3.8, 4) is 0 Å². The summed E-state index contributed by atoms with van der Waals surface area (Å²) in [6.07, 6.45) is 2.80. The predicted octanol–water partition coefficient (Wildman–Crippen LogP) is 3.08. The summed E-state index contributed by atoms with van der Waals surface area (Å²) in [5.41, 5.74) is 2.21. The third-order valence-electron chi connectivity index (χ3n) is 5.21. The first-order valence-electron chi connectivity index (χ1n) is 8.09. The van der Waals surface area contributed by atoms with E-state index in [-0.39, 0.29) is 18.0 Å². The molecule has 4 heterocycles. The fourth-order valence-corrected chi connectivity index (χ4v) is 4.36. The Labute approximate surface area is 135 Å². The van der Waals surface area contributed by atoms with Crippen LogP contribution in [0.3, 0.4) is 0 Å². The average Bonchev–Trinajstić information content (AvgIpc) is 2.98. The Morgan fingerprint density at radius 2 is 2.00 bits per heavy atom. The van der Waals surface area contributed by atoms with Crippen molar-refractivity contribution in [2.45, 2.75) is 38.3 Å². The van der Waals surface area contributed by atoms with E-state index in [2.05, 4.69) is 4.90 Å². The zero-order valence-corrected chi connectivity index (χ0v) is 13.5. The van der Waals surface area contributed by atoms with Crippen molar-refractivity contribution < 1.29 is 4.79 Å². The van der Waals surface area contributed by atoms with Gasteiger partial charge >= 0.3 is 0 Å². The number of hydrogen-bond acceptors (Lipinski definition) is 3. The number of piperidine rings is 3. The van der Waals surface area contributed by atoms with Gasteiger partial charge in [0.25, 0.3) is 0 Å². The van der Waals surface area contributed by atoms with E-state index in [1.165, 1.54) is 18.6 Å². The summed E-state index contributed by atoms with van der Waals surface area (Å²) in [5.74, 6) is 0.613. The van der Waals surface area contributed by atoms with E-state index < -0.39 is 0 Å². The smallest absolute Gasteiger partial charge is 0.243 e. The van der Waals surface area contributed by atoms with Crippen LogP contribution in [0.5, 0.6) is 0 Å². The monoisotopic (exact) mass is 317 g/mol. The van der Waals surface area contributed by atoms with Gasteiger partial charge in [-0.2, -0.15) is 5.10 Å². The molecule has 0 aromatic heterocycles. The number of hydrazone groups is 1. The molecule has 116 valence electrons. The molecule has 1 aromatic carbocycles. The minimum absolute atomic E-state index is 0.0701. The van der Waals surface area contributed by atoms with E-state index in [4.69, 9.17) is 16.7 Å². The number of hydrogen-bond donors (Lipinski definition) is 0. The maximum Gasteiger partial charge on any atom is 0.243 e. The molecule has 2 bridgehead atoms. The van der Waals surface area contributed by atoms with Gasteiger partial charge in [-0.3, -0.25) is 9.69 Å². The van der Waals surface area contributed by atoms with Gasteiger partial charge in [-0.05, 0) is 37.6 Å². The van der Waals surface area contributed by atoms with Crippen molar-refractivity contribution in [3.05, 3.63) is 34.9 Å². The SMILES string of the molecule is CCC(=O)N1N=C2C3CCN(CC3)[C@@H]2[C@@H]1c1ccccc1Cl. The molecule has 4 nitrogen and oxygen atoms in total. The first-order valence-corrected chi connectivity index (χ1v) is 8.47. The third-order valence-corrected chi connectivity index (χ3v) is 5.56. The molecule has 4 aliphatic rings. The lowest BCUT2D eigenvalue weighted by Gasteiger charge is -2.46. The fourth-order valence-electron chi connectivity index (χ4n) is 4.11. The first kappa shape index (κ1) is 14.2. The Balaban J connectivity index is 1.80. The van der Waals surface area contributed by atoms with Crippen LogP contribution in [-0.2, 0) is 4.79 Å². The summed E-state index contributed by atoms with van der Waals surface area (Å²) in [6.45, 7) is 4.09.